The first-order valence-electron chi connectivity index (χ1n) is 7.63. The Labute approximate surface area is 119 Å². The Morgan fingerprint density at radius 3 is 3.05 bits per heavy atom. The van der Waals surface area contributed by atoms with E-state index in [1.165, 1.54) is 18.4 Å². The summed E-state index contributed by atoms with van der Waals surface area (Å²) in [6.45, 7) is 1.66. The standard InChI is InChI=1S/C15H22N4O/c20-15(9-13-5-2-1-3-6-13)18-8-4-7-14(10-18)19-12-16-11-17-19/h5,11-12,14H,1-4,6-10H2. The summed E-state index contributed by atoms with van der Waals surface area (Å²) < 4.78 is 1.89. The van der Waals surface area contributed by atoms with E-state index < -0.39 is 0 Å². The third kappa shape index (κ3) is 3.08. The molecule has 5 nitrogen and oxygen atoms in total. The molecule has 1 unspecified atom stereocenters. The van der Waals surface area contributed by atoms with E-state index in [9.17, 15) is 4.79 Å². The zero-order valence-corrected chi connectivity index (χ0v) is 11.9. The third-order valence-corrected chi connectivity index (χ3v) is 4.32. The maximum Gasteiger partial charge on any atom is 0.226 e. The highest BCUT2D eigenvalue weighted by Gasteiger charge is 2.25. The van der Waals surface area contributed by atoms with E-state index in [1.807, 2.05) is 9.58 Å². The molecule has 1 aromatic rings. The van der Waals surface area contributed by atoms with E-state index in [2.05, 4.69) is 16.2 Å². The van der Waals surface area contributed by atoms with Gasteiger partial charge in [0.2, 0.25) is 5.91 Å². The van der Waals surface area contributed by atoms with Crippen molar-refractivity contribution >= 4 is 5.91 Å². The van der Waals surface area contributed by atoms with Crippen molar-refractivity contribution in [3.63, 3.8) is 0 Å². The first-order chi connectivity index (χ1) is 9.83. The maximum atomic E-state index is 12.4. The summed E-state index contributed by atoms with van der Waals surface area (Å²) in [5.41, 5.74) is 1.34. The minimum absolute atomic E-state index is 0.281. The Balaban J connectivity index is 1.58. The van der Waals surface area contributed by atoms with Crippen LogP contribution < -0.4 is 0 Å². The maximum absolute atomic E-state index is 12.4. The number of hydrogen-bond acceptors (Lipinski definition) is 3. The molecule has 108 valence electrons. The molecular weight excluding hydrogens is 252 g/mol. The first-order valence-corrected chi connectivity index (χ1v) is 7.63. The van der Waals surface area contributed by atoms with Gasteiger partial charge in [-0.25, -0.2) is 9.67 Å². The second-order valence-electron chi connectivity index (χ2n) is 5.80. The number of carbonyl (C=O) groups excluding carboxylic acids is 1. The van der Waals surface area contributed by atoms with Gasteiger partial charge in [0.15, 0.2) is 0 Å². The number of aromatic nitrogens is 3. The van der Waals surface area contributed by atoms with Gasteiger partial charge < -0.3 is 4.90 Å². The molecule has 0 spiro atoms. The molecule has 20 heavy (non-hydrogen) atoms. The van der Waals surface area contributed by atoms with Crippen LogP contribution in [0.2, 0.25) is 0 Å². The molecule has 0 aromatic carbocycles. The molecule has 0 N–H and O–H groups in total. The van der Waals surface area contributed by atoms with Gasteiger partial charge in [-0.05, 0) is 38.5 Å². The van der Waals surface area contributed by atoms with Gasteiger partial charge in [0.1, 0.15) is 12.7 Å². The van der Waals surface area contributed by atoms with Crippen molar-refractivity contribution in [1.29, 1.82) is 0 Å². The number of nitrogens with zero attached hydrogens (tertiary/aromatic N) is 4. The largest absolute Gasteiger partial charge is 0.340 e. The molecule has 1 saturated heterocycles. The SMILES string of the molecule is O=C(CC1=CCCCC1)N1CCCC(n2cncn2)C1. The second-order valence-corrected chi connectivity index (χ2v) is 5.80. The van der Waals surface area contributed by atoms with Crippen LogP contribution in [-0.2, 0) is 4.79 Å². The molecule has 1 aromatic heterocycles. The number of carbonyl (C=O) groups is 1. The molecule has 1 aliphatic heterocycles. The quantitative estimate of drug-likeness (QED) is 0.795. The second kappa shape index (κ2) is 6.20. The summed E-state index contributed by atoms with van der Waals surface area (Å²) in [5.74, 6) is 0.281. The van der Waals surface area contributed by atoms with Gasteiger partial charge >= 0.3 is 0 Å². The molecule has 0 bridgehead atoms. The lowest BCUT2D eigenvalue weighted by Crippen LogP contribution is -2.41. The molecule has 2 heterocycles. The van der Waals surface area contributed by atoms with Gasteiger partial charge in [-0.15, -0.1) is 0 Å². The van der Waals surface area contributed by atoms with E-state index >= 15 is 0 Å². The van der Waals surface area contributed by atoms with Crippen LogP contribution in [0.25, 0.3) is 0 Å². The molecule has 1 aliphatic carbocycles. The molecule has 2 aliphatic rings. The van der Waals surface area contributed by atoms with E-state index in [0.29, 0.717) is 6.42 Å². The number of hydrogen-bond donors (Lipinski definition) is 0. The molecule has 3 rings (SSSR count). The normalized spacial score (nSPS) is 23.5. The summed E-state index contributed by atoms with van der Waals surface area (Å²) in [4.78, 5) is 18.4. The summed E-state index contributed by atoms with van der Waals surface area (Å²) >= 11 is 0. The summed E-state index contributed by atoms with van der Waals surface area (Å²) in [7, 11) is 0. The molecule has 1 amide bonds. The average Bonchev–Trinajstić information content (AvgIpc) is 3.03. The lowest BCUT2D eigenvalue weighted by Gasteiger charge is -2.33. The average molecular weight is 274 g/mol. The lowest BCUT2D eigenvalue weighted by molar-refractivity contribution is -0.132. The van der Waals surface area contributed by atoms with Crippen molar-refractivity contribution in [2.45, 2.75) is 51.0 Å². The summed E-state index contributed by atoms with van der Waals surface area (Å²) in [6.07, 6.45) is 13.1. The Morgan fingerprint density at radius 2 is 2.30 bits per heavy atom. The molecule has 1 fully saturated rings. The van der Waals surface area contributed by atoms with Crippen LogP contribution in [0, 0.1) is 0 Å². The van der Waals surface area contributed by atoms with Crippen molar-refractivity contribution in [2.24, 2.45) is 0 Å². The fourth-order valence-electron chi connectivity index (χ4n) is 3.17. The van der Waals surface area contributed by atoms with Gasteiger partial charge in [0.05, 0.1) is 6.04 Å². The van der Waals surface area contributed by atoms with Crippen LogP contribution in [0.15, 0.2) is 24.3 Å². The predicted octanol–water partition coefficient (Wildman–Crippen LogP) is 2.33. The number of amides is 1. The van der Waals surface area contributed by atoms with Crippen LogP contribution in [0.3, 0.4) is 0 Å². The van der Waals surface area contributed by atoms with Crippen molar-refractivity contribution in [3.8, 4) is 0 Å². The Kier molecular flexibility index (Phi) is 4.14. The minimum atomic E-state index is 0.281. The van der Waals surface area contributed by atoms with E-state index in [4.69, 9.17) is 0 Å². The highest BCUT2D eigenvalue weighted by atomic mass is 16.2. The monoisotopic (exact) mass is 274 g/mol. The van der Waals surface area contributed by atoms with E-state index in [0.717, 1.165) is 38.8 Å². The topological polar surface area (TPSA) is 51.0 Å². The van der Waals surface area contributed by atoms with Crippen LogP contribution in [0.5, 0.6) is 0 Å². The van der Waals surface area contributed by atoms with Crippen LogP contribution >= 0.6 is 0 Å². The van der Waals surface area contributed by atoms with Crippen molar-refractivity contribution in [1.82, 2.24) is 19.7 Å². The molecule has 5 heteroatoms. The molecular formula is C15H22N4O. The van der Waals surface area contributed by atoms with Gasteiger partial charge in [0, 0.05) is 19.5 Å². The fraction of sp³-hybridized carbons (Fsp3) is 0.667. The van der Waals surface area contributed by atoms with Crippen molar-refractivity contribution in [2.75, 3.05) is 13.1 Å². The zero-order chi connectivity index (χ0) is 13.8. The molecule has 0 radical (unpaired) electrons. The molecule has 1 atom stereocenters. The van der Waals surface area contributed by atoms with E-state index in [1.54, 1.807) is 12.7 Å². The number of allylic oxidation sites excluding steroid dienone is 1. The van der Waals surface area contributed by atoms with E-state index in [-0.39, 0.29) is 11.9 Å². The van der Waals surface area contributed by atoms with Crippen LogP contribution in [0.4, 0.5) is 0 Å². The predicted molar refractivity (Wildman–Crippen MR) is 76.0 cm³/mol. The Hall–Kier alpha value is -1.65. The van der Waals surface area contributed by atoms with Gasteiger partial charge in [-0.1, -0.05) is 11.6 Å². The zero-order valence-electron chi connectivity index (χ0n) is 11.9. The number of rotatable bonds is 3. The van der Waals surface area contributed by atoms with Crippen molar-refractivity contribution in [3.05, 3.63) is 24.3 Å². The van der Waals surface area contributed by atoms with Crippen molar-refractivity contribution < 1.29 is 4.79 Å². The Morgan fingerprint density at radius 1 is 1.35 bits per heavy atom. The molecule has 0 saturated carbocycles. The Bertz CT molecular complexity index is 480. The summed E-state index contributed by atoms with van der Waals surface area (Å²) in [6, 6.07) is 0.288. The third-order valence-electron chi connectivity index (χ3n) is 4.32. The van der Waals surface area contributed by atoms with Gasteiger partial charge in [0.25, 0.3) is 0 Å². The van der Waals surface area contributed by atoms with Crippen LogP contribution in [0.1, 0.15) is 51.0 Å². The smallest absolute Gasteiger partial charge is 0.226 e. The van der Waals surface area contributed by atoms with Gasteiger partial charge in [-0.2, -0.15) is 5.10 Å². The highest BCUT2D eigenvalue weighted by molar-refractivity contribution is 5.78. The fourth-order valence-corrected chi connectivity index (χ4v) is 3.17. The van der Waals surface area contributed by atoms with Crippen LogP contribution in [-0.4, -0.2) is 38.7 Å². The van der Waals surface area contributed by atoms with Gasteiger partial charge in [-0.3, -0.25) is 4.79 Å². The minimum Gasteiger partial charge on any atom is -0.340 e. The number of piperidine rings is 1. The first kappa shape index (κ1) is 13.3. The number of likely N-dealkylation sites (tertiary alicyclic amines) is 1. The highest BCUT2D eigenvalue weighted by Crippen LogP contribution is 2.24. The lowest BCUT2D eigenvalue weighted by atomic mass is 9.96. The summed E-state index contributed by atoms with van der Waals surface area (Å²) in [5, 5.41) is 4.21.